The Kier molecular flexibility index (Phi) is 6.29. The highest BCUT2D eigenvalue weighted by atomic mass is 35.5. The third-order valence-corrected chi connectivity index (χ3v) is 6.60. The summed E-state index contributed by atoms with van der Waals surface area (Å²) in [6.07, 6.45) is 0.451. The second kappa shape index (κ2) is 9.11. The Morgan fingerprint density at radius 2 is 1.97 bits per heavy atom. The molecule has 0 saturated carbocycles. The lowest BCUT2D eigenvalue weighted by Crippen LogP contribution is -2.33. The molecule has 0 bridgehead atoms. The van der Waals surface area contributed by atoms with E-state index in [-0.39, 0.29) is 12.5 Å². The quantitative estimate of drug-likeness (QED) is 0.558. The van der Waals surface area contributed by atoms with Crippen LogP contribution in [0.5, 0.6) is 5.88 Å². The Hall–Kier alpha value is -2.84. The molecule has 1 saturated heterocycles. The standard InChI is InChI=1S/C22H20ClN3O4S/c1-30-19-20(25-16-8-7-15(23)11-17(16)24-19)31-18(13-5-3-2-4-6-13)21(27)26-10-9-14(12-26)22(28)29/h2-8,11,14,18H,9-10,12H2,1H3,(H,28,29)/t14-,18?/m0/s1. The third-order valence-electron chi connectivity index (χ3n) is 5.16. The number of likely N-dealkylation sites (tertiary alicyclic amines) is 1. The zero-order chi connectivity index (χ0) is 22.0. The minimum atomic E-state index is -0.875. The van der Waals surface area contributed by atoms with Gasteiger partial charge >= 0.3 is 5.97 Å². The molecule has 9 heteroatoms. The molecule has 2 aromatic carbocycles. The van der Waals surface area contributed by atoms with E-state index in [0.29, 0.717) is 39.9 Å². The summed E-state index contributed by atoms with van der Waals surface area (Å²) >= 11 is 7.31. The fourth-order valence-electron chi connectivity index (χ4n) is 3.53. The third kappa shape index (κ3) is 4.60. The van der Waals surface area contributed by atoms with Crippen molar-refractivity contribution >= 4 is 46.3 Å². The number of aliphatic carboxylic acids is 1. The second-order valence-corrected chi connectivity index (χ2v) is 8.72. The number of carbonyl (C=O) groups is 2. The Labute approximate surface area is 188 Å². The van der Waals surface area contributed by atoms with Crippen LogP contribution in [0.4, 0.5) is 0 Å². The van der Waals surface area contributed by atoms with Gasteiger partial charge in [0, 0.05) is 18.1 Å². The summed E-state index contributed by atoms with van der Waals surface area (Å²) in [6.45, 7) is 0.621. The number of hydrogen-bond donors (Lipinski definition) is 1. The number of amides is 1. The molecular weight excluding hydrogens is 438 g/mol. The van der Waals surface area contributed by atoms with Crippen LogP contribution in [0.2, 0.25) is 5.02 Å². The van der Waals surface area contributed by atoms with Crippen molar-refractivity contribution in [2.75, 3.05) is 20.2 Å². The molecule has 31 heavy (non-hydrogen) atoms. The fourth-order valence-corrected chi connectivity index (χ4v) is 4.85. The van der Waals surface area contributed by atoms with Crippen molar-refractivity contribution in [1.29, 1.82) is 0 Å². The van der Waals surface area contributed by atoms with Gasteiger partial charge in [0.1, 0.15) is 5.25 Å². The molecule has 3 aromatic rings. The topological polar surface area (TPSA) is 92.6 Å². The lowest BCUT2D eigenvalue weighted by Gasteiger charge is -2.23. The normalized spacial score (nSPS) is 17.0. The predicted octanol–water partition coefficient (Wildman–Crippen LogP) is 4.06. The number of ether oxygens (including phenoxy) is 1. The molecule has 1 fully saturated rings. The Morgan fingerprint density at radius 3 is 2.65 bits per heavy atom. The first-order valence-corrected chi connectivity index (χ1v) is 11.0. The van der Waals surface area contributed by atoms with Crippen LogP contribution in [0.3, 0.4) is 0 Å². The van der Waals surface area contributed by atoms with Crippen molar-refractivity contribution < 1.29 is 19.4 Å². The van der Waals surface area contributed by atoms with E-state index in [1.165, 1.54) is 18.9 Å². The minimum Gasteiger partial charge on any atom is -0.481 e. The van der Waals surface area contributed by atoms with Crippen molar-refractivity contribution in [3.8, 4) is 5.88 Å². The van der Waals surface area contributed by atoms with Crippen LogP contribution in [0, 0.1) is 5.92 Å². The van der Waals surface area contributed by atoms with Crippen molar-refractivity contribution in [3.63, 3.8) is 0 Å². The monoisotopic (exact) mass is 457 g/mol. The highest BCUT2D eigenvalue weighted by molar-refractivity contribution is 8.00. The number of hydrogen-bond acceptors (Lipinski definition) is 6. The largest absolute Gasteiger partial charge is 0.481 e. The molecule has 2 atom stereocenters. The van der Waals surface area contributed by atoms with Crippen LogP contribution in [-0.2, 0) is 9.59 Å². The van der Waals surface area contributed by atoms with Gasteiger partial charge in [0.15, 0.2) is 5.03 Å². The maximum atomic E-state index is 13.4. The van der Waals surface area contributed by atoms with E-state index in [1.807, 2.05) is 30.3 Å². The maximum absolute atomic E-state index is 13.4. The number of nitrogens with zero attached hydrogens (tertiary/aromatic N) is 3. The number of carboxylic acids is 1. The van der Waals surface area contributed by atoms with Gasteiger partial charge in [-0.1, -0.05) is 53.7 Å². The number of fused-ring (bicyclic) bond motifs is 1. The van der Waals surface area contributed by atoms with Gasteiger partial charge in [0.05, 0.1) is 24.1 Å². The molecule has 7 nitrogen and oxygen atoms in total. The molecule has 1 aliphatic rings. The van der Waals surface area contributed by atoms with E-state index in [9.17, 15) is 14.7 Å². The zero-order valence-corrected chi connectivity index (χ0v) is 18.3. The van der Waals surface area contributed by atoms with Crippen LogP contribution >= 0.6 is 23.4 Å². The van der Waals surface area contributed by atoms with Gasteiger partial charge in [-0.15, -0.1) is 0 Å². The first kappa shape index (κ1) is 21.4. The molecule has 1 aromatic heterocycles. The summed E-state index contributed by atoms with van der Waals surface area (Å²) in [4.78, 5) is 35.5. The van der Waals surface area contributed by atoms with Gasteiger partial charge in [-0.3, -0.25) is 9.59 Å². The van der Waals surface area contributed by atoms with Crippen molar-refractivity contribution in [2.24, 2.45) is 5.92 Å². The zero-order valence-electron chi connectivity index (χ0n) is 16.7. The molecule has 1 aliphatic heterocycles. The van der Waals surface area contributed by atoms with E-state index in [2.05, 4.69) is 9.97 Å². The number of carboxylic acid groups (broad SMARTS) is 1. The summed E-state index contributed by atoms with van der Waals surface area (Å²) in [5.74, 6) is -1.26. The van der Waals surface area contributed by atoms with E-state index in [0.717, 1.165) is 5.56 Å². The molecule has 0 radical (unpaired) electrons. The van der Waals surface area contributed by atoms with Crippen molar-refractivity contribution in [1.82, 2.24) is 14.9 Å². The first-order chi connectivity index (χ1) is 15.0. The molecule has 1 N–H and O–H groups in total. The number of thioether (sulfide) groups is 1. The van der Waals surface area contributed by atoms with Crippen LogP contribution in [0.1, 0.15) is 17.2 Å². The molecule has 2 heterocycles. The lowest BCUT2D eigenvalue weighted by atomic mass is 10.1. The van der Waals surface area contributed by atoms with Gasteiger partial charge in [0.2, 0.25) is 11.8 Å². The number of carbonyl (C=O) groups excluding carboxylic acids is 1. The Morgan fingerprint density at radius 1 is 1.19 bits per heavy atom. The molecule has 4 rings (SSSR count). The number of methoxy groups -OCH3 is 1. The average molecular weight is 458 g/mol. The summed E-state index contributed by atoms with van der Waals surface area (Å²) in [6, 6.07) is 14.6. The average Bonchev–Trinajstić information content (AvgIpc) is 3.28. The number of rotatable bonds is 6. The number of aromatic nitrogens is 2. The smallest absolute Gasteiger partial charge is 0.308 e. The van der Waals surface area contributed by atoms with Crippen molar-refractivity contribution in [2.45, 2.75) is 16.7 Å². The van der Waals surface area contributed by atoms with Crippen LogP contribution in [0.25, 0.3) is 11.0 Å². The van der Waals surface area contributed by atoms with Crippen molar-refractivity contribution in [3.05, 3.63) is 59.1 Å². The maximum Gasteiger partial charge on any atom is 0.308 e. The molecular formula is C22H20ClN3O4S. The van der Waals surface area contributed by atoms with Crippen LogP contribution < -0.4 is 4.74 Å². The molecule has 0 spiro atoms. The van der Waals surface area contributed by atoms with Gasteiger partial charge in [-0.25, -0.2) is 9.97 Å². The van der Waals surface area contributed by atoms with E-state index in [4.69, 9.17) is 16.3 Å². The van der Waals surface area contributed by atoms with E-state index < -0.39 is 17.1 Å². The van der Waals surface area contributed by atoms with Gasteiger partial charge in [-0.2, -0.15) is 0 Å². The van der Waals surface area contributed by atoms with Gasteiger partial charge in [0.25, 0.3) is 0 Å². The Bertz CT molecular complexity index is 1130. The van der Waals surface area contributed by atoms with Crippen LogP contribution in [-0.4, -0.2) is 52.1 Å². The lowest BCUT2D eigenvalue weighted by molar-refractivity contribution is -0.141. The molecule has 0 aliphatic carbocycles. The number of benzene rings is 2. The summed E-state index contributed by atoms with van der Waals surface area (Å²) in [5.41, 5.74) is 2.04. The van der Waals surface area contributed by atoms with Gasteiger partial charge in [-0.05, 0) is 30.2 Å². The summed E-state index contributed by atoms with van der Waals surface area (Å²) < 4.78 is 5.44. The Balaban J connectivity index is 1.69. The molecule has 1 unspecified atom stereocenters. The minimum absolute atomic E-state index is 0.153. The molecule has 160 valence electrons. The molecule has 1 amide bonds. The van der Waals surface area contributed by atoms with Crippen LogP contribution in [0.15, 0.2) is 53.6 Å². The predicted molar refractivity (Wildman–Crippen MR) is 118 cm³/mol. The first-order valence-electron chi connectivity index (χ1n) is 9.70. The van der Waals surface area contributed by atoms with E-state index >= 15 is 0 Å². The second-order valence-electron chi connectivity index (χ2n) is 7.19. The highest BCUT2D eigenvalue weighted by Crippen LogP contribution is 2.41. The summed E-state index contributed by atoms with van der Waals surface area (Å²) in [7, 11) is 1.50. The fraction of sp³-hybridized carbons (Fsp3) is 0.273. The van der Waals surface area contributed by atoms with Gasteiger partial charge < -0.3 is 14.7 Å². The number of halogens is 1. The summed E-state index contributed by atoms with van der Waals surface area (Å²) in [5, 5.41) is 9.72. The van der Waals surface area contributed by atoms with E-state index in [1.54, 1.807) is 23.1 Å². The SMILES string of the molecule is COc1nc2cc(Cl)ccc2nc1SC(C(=O)N1CC[C@H](C(=O)O)C1)c1ccccc1. The highest BCUT2D eigenvalue weighted by Gasteiger charge is 2.35.